The van der Waals surface area contributed by atoms with Crippen molar-refractivity contribution in [1.82, 2.24) is 24.5 Å². The lowest BCUT2D eigenvalue weighted by atomic mass is 9.92. The fourth-order valence-electron chi connectivity index (χ4n) is 3.24. The van der Waals surface area contributed by atoms with Gasteiger partial charge in [-0.25, -0.2) is 9.18 Å². The van der Waals surface area contributed by atoms with Gasteiger partial charge in [-0.1, -0.05) is 20.8 Å². The van der Waals surface area contributed by atoms with E-state index < -0.39 is 17.7 Å². The third kappa shape index (κ3) is 5.29. The van der Waals surface area contributed by atoms with Gasteiger partial charge in [-0.15, -0.1) is 0 Å². The van der Waals surface area contributed by atoms with Gasteiger partial charge in [0.1, 0.15) is 11.6 Å². The highest BCUT2D eigenvalue weighted by Gasteiger charge is 2.21. The van der Waals surface area contributed by atoms with Crippen LogP contribution in [-0.4, -0.2) is 30.6 Å². The number of ether oxygens (including phenoxy) is 1. The summed E-state index contributed by atoms with van der Waals surface area (Å²) in [5.41, 5.74) is 1.54. The number of hydrogen-bond donors (Lipinski definition) is 2. The van der Waals surface area contributed by atoms with E-state index in [0.29, 0.717) is 11.5 Å². The third-order valence-electron chi connectivity index (χ3n) is 5.14. The van der Waals surface area contributed by atoms with Crippen LogP contribution in [0.15, 0.2) is 48.9 Å². The highest BCUT2D eigenvalue weighted by atomic mass is 19.2. The molecule has 35 heavy (non-hydrogen) atoms. The maximum Gasteiger partial charge on any atom is 0.324 e. The molecule has 0 radical (unpaired) electrons. The number of halogens is 2. The standard InChI is InChI=1S/C24H25F2N7O2/c1-24(2,3)19-11-20(33(5)31-19)30-23(34)29-16-6-7-18(22(26)21(16)25)35-15-8-9-27-17(10-15)14-12-28-32(4)13-14/h6-13H,1-5H3,(H2,29,30,34). The van der Waals surface area contributed by atoms with Crippen molar-refractivity contribution in [3.05, 3.63) is 66.3 Å². The van der Waals surface area contributed by atoms with E-state index in [1.807, 2.05) is 20.8 Å². The van der Waals surface area contributed by atoms with Gasteiger partial charge in [0.2, 0.25) is 5.82 Å². The minimum absolute atomic E-state index is 0.215. The van der Waals surface area contributed by atoms with Crippen molar-refractivity contribution in [2.24, 2.45) is 14.1 Å². The molecule has 4 aromatic rings. The Balaban J connectivity index is 1.47. The molecular formula is C24H25F2N7O2. The number of rotatable bonds is 5. The van der Waals surface area contributed by atoms with Gasteiger partial charge in [0, 0.05) is 49.6 Å². The first-order valence-electron chi connectivity index (χ1n) is 10.7. The smallest absolute Gasteiger partial charge is 0.324 e. The molecule has 0 spiro atoms. The summed E-state index contributed by atoms with van der Waals surface area (Å²) in [7, 11) is 3.45. The molecule has 2 amide bonds. The van der Waals surface area contributed by atoms with E-state index in [1.54, 1.807) is 43.3 Å². The van der Waals surface area contributed by atoms with Gasteiger partial charge >= 0.3 is 6.03 Å². The van der Waals surface area contributed by atoms with Crippen LogP contribution in [0.25, 0.3) is 11.3 Å². The molecule has 3 heterocycles. The highest BCUT2D eigenvalue weighted by molar-refractivity contribution is 5.99. The molecule has 2 N–H and O–H groups in total. The second kappa shape index (κ2) is 9.16. The second-order valence-electron chi connectivity index (χ2n) is 8.99. The van der Waals surface area contributed by atoms with Crippen molar-refractivity contribution in [1.29, 1.82) is 0 Å². The molecular weight excluding hydrogens is 456 g/mol. The average Bonchev–Trinajstić information content (AvgIpc) is 3.39. The molecule has 0 fully saturated rings. The molecule has 11 heteroatoms. The predicted molar refractivity (Wildman–Crippen MR) is 127 cm³/mol. The second-order valence-corrected chi connectivity index (χ2v) is 8.99. The van der Waals surface area contributed by atoms with E-state index >= 15 is 0 Å². The van der Waals surface area contributed by atoms with Gasteiger partial charge in [0.05, 0.1) is 23.3 Å². The predicted octanol–water partition coefficient (Wildman–Crippen LogP) is 5.23. The van der Waals surface area contributed by atoms with Crippen molar-refractivity contribution in [3.8, 4) is 22.8 Å². The normalized spacial score (nSPS) is 11.4. The number of aromatic nitrogens is 5. The molecule has 1 aromatic carbocycles. The number of pyridine rings is 1. The zero-order chi connectivity index (χ0) is 25.3. The molecule has 9 nitrogen and oxygen atoms in total. The fraction of sp³-hybridized carbons (Fsp3) is 0.250. The number of benzene rings is 1. The summed E-state index contributed by atoms with van der Waals surface area (Å²) in [6.45, 7) is 5.98. The van der Waals surface area contributed by atoms with Crippen molar-refractivity contribution in [2.75, 3.05) is 10.6 Å². The summed E-state index contributed by atoms with van der Waals surface area (Å²) in [4.78, 5) is 16.7. The van der Waals surface area contributed by atoms with Crippen LogP contribution < -0.4 is 15.4 Å². The molecule has 0 aliphatic carbocycles. The number of nitrogens with one attached hydrogen (secondary N) is 2. The fourth-order valence-corrected chi connectivity index (χ4v) is 3.24. The zero-order valence-electron chi connectivity index (χ0n) is 19.9. The van der Waals surface area contributed by atoms with Crippen molar-refractivity contribution >= 4 is 17.5 Å². The average molecular weight is 482 g/mol. The van der Waals surface area contributed by atoms with E-state index in [-0.39, 0.29) is 22.6 Å². The SMILES string of the molecule is Cn1cc(-c2cc(Oc3ccc(NC(=O)Nc4cc(C(C)(C)C)nn4C)c(F)c3F)ccn2)cn1. The van der Waals surface area contributed by atoms with Crippen molar-refractivity contribution in [3.63, 3.8) is 0 Å². The van der Waals surface area contributed by atoms with E-state index in [1.165, 1.54) is 29.1 Å². The Labute approximate surface area is 200 Å². The van der Waals surface area contributed by atoms with E-state index in [4.69, 9.17) is 4.74 Å². The topological polar surface area (TPSA) is 98.9 Å². The Kier molecular flexibility index (Phi) is 6.25. The third-order valence-corrected chi connectivity index (χ3v) is 5.14. The largest absolute Gasteiger partial charge is 0.454 e. The van der Waals surface area contributed by atoms with Gasteiger partial charge in [-0.2, -0.15) is 14.6 Å². The molecule has 0 aliphatic heterocycles. The molecule has 3 aromatic heterocycles. The Morgan fingerprint density at radius 1 is 1.06 bits per heavy atom. The maximum absolute atomic E-state index is 14.7. The zero-order valence-corrected chi connectivity index (χ0v) is 19.9. The van der Waals surface area contributed by atoms with Crippen LogP contribution >= 0.6 is 0 Å². The maximum atomic E-state index is 14.7. The molecule has 0 bridgehead atoms. The van der Waals surface area contributed by atoms with Crippen LogP contribution in [0.2, 0.25) is 0 Å². The van der Waals surface area contributed by atoms with Gasteiger partial charge in [0.15, 0.2) is 11.6 Å². The summed E-state index contributed by atoms with van der Waals surface area (Å²) < 4.78 is 38.1. The number of nitrogens with zero attached hydrogens (tertiary/aromatic N) is 5. The number of urea groups is 1. The Bertz CT molecular complexity index is 1390. The highest BCUT2D eigenvalue weighted by Crippen LogP contribution is 2.31. The van der Waals surface area contributed by atoms with Crippen molar-refractivity contribution < 1.29 is 18.3 Å². The Morgan fingerprint density at radius 3 is 2.49 bits per heavy atom. The van der Waals surface area contributed by atoms with Gasteiger partial charge in [-0.3, -0.25) is 19.7 Å². The minimum atomic E-state index is -1.25. The lowest BCUT2D eigenvalue weighted by molar-refractivity contribution is 0.262. The van der Waals surface area contributed by atoms with Crippen LogP contribution in [0.1, 0.15) is 26.5 Å². The first-order valence-corrected chi connectivity index (χ1v) is 10.7. The van der Waals surface area contributed by atoms with Gasteiger partial charge in [-0.05, 0) is 18.2 Å². The Morgan fingerprint density at radius 2 is 1.83 bits per heavy atom. The quantitative estimate of drug-likeness (QED) is 0.407. The molecule has 0 saturated carbocycles. The number of carbonyl (C=O) groups excluding carboxylic acids is 1. The lowest BCUT2D eigenvalue weighted by Gasteiger charge is -2.13. The van der Waals surface area contributed by atoms with Crippen LogP contribution in [-0.2, 0) is 19.5 Å². The number of anilines is 2. The lowest BCUT2D eigenvalue weighted by Crippen LogP contribution is -2.22. The first-order chi connectivity index (χ1) is 16.5. The number of aryl methyl sites for hydroxylation is 2. The number of hydrogen-bond acceptors (Lipinski definition) is 5. The number of carbonyl (C=O) groups is 1. The minimum Gasteiger partial charge on any atom is -0.454 e. The van der Waals surface area contributed by atoms with E-state index in [2.05, 4.69) is 25.8 Å². The first kappa shape index (κ1) is 23.9. The summed E-state index contributed by atoms with van der Waals surface area (Å²) in [6.07, 6.45) is 4.90. The summed E-state index contributed by atoms with van der Waals surface area (Å²) in [5.74, 6) is -2.15. The molecule has 0 aliphatic rings. The summed E-state index contributed by atoms with van der Waals surface area (Å²) in [6, 6.07) is 6.56. The van der Waals surface area contributed by atoms with E-state index in [9.17, 15) is 13.6 Å². The van der Waals surface area contributed by atoms with Gasteiger partial charge in [0.25, 0.3) is 0 Å². The molecule has 4 rings (SSSR count). The summed E-state index contributed by atoms with van der Waals surface area (Å²) in [5, 5.41) is 13.4. The van der Waals surface area contributed by atoms with E-state index in [0.717, 1.165) is 11.3 Å². The monoisotopic (exact) mass is 481 g/mol. The van der Waals surface area contributed by atoms with Gasteiger partial charge < -0.3 is 10.1 Å². The molecule has 0 saturated heterocycles. The molecule has 0 unspecified atom stereocenters. The summed E-state index contributed by atoms with van der Waals surface area (Å²) >= 11 is 0. The van der Waals surface area contributed by atoms with Crippen LogP contribution in [0.5, 0.6) is 11.5 Å². The van der Waals surface area contributed by atoms with Crippen molar-refractivity contribution in [2.45, 2.75) is 26.2 Å². The molecule has 182 valence electrons. The van der Waals surface area contributed by atoms with Crippen LogP contribution in [0.4, 0.5) is 25.1 Å². The van der Waals surface area contributed by atoms with Crippen LogP contribution in [0.3, 0.4) is 0 Å². The number of amides is 2. The van der Waals surface area contributed by atoms with Crippen LogP contribution in [0, 0.1) is 11.6 Å². The Hall–Kier alpha value is -4.28. The molecule has 0 atom stereocenters.